The molecule has 0 heterocycles. The van der Waals surface area contributed by atoms with Crippen LogP contribution in [-0.2, 0) is 10.1 Å². The molecule has 5 aromatic rings. The molecule has 0 amide bonds. The lowest BCUT2D eigenvalue weighted by molar-refractivity contribution is 0.472. The lowest BCUT2D eigenvalue weighted by Crippen LogP contribution is -1.99. The van der Waals surface area contributed by atoms with Gasteiger partial charge in [0.15, 0.2) is 5.75 Å². The lowest BCUT2D eigenvalue weighted by Gasteiger charge is -2.12. The van der Waals surface area contributed by atoms with Crippen molar-refractivity contribution in [1.82, 2.24) is 0 Å². The Hall–Kier alpha value is -4.47. The second-order valence-corrected chi connectivity index (χ2v) is 9.95. The molecule has 9 heteroatoms. The summed E-state index contributed by atoms with van der Waals surface area (Å²) >= 11 is 0. The first-order valence-corrected chi connectivity index (χ1v) is 12.8. The van der Waals surface area contributed by atoms with E-state index in [1.165, 1.54) is 6.07 Å². The SMILES string of the molecule is Cc1ccc2c(O)c(N=Nc3ccc(N=Nc4cccc5ccccc45)cc3)c(S(=O)(=O)O)cc2c1C. The molecule has 5 aromatic carbocycles. The number of aryl methyl sites for hydroxylation is 2. The van der Waals surface area contributed by atoms with Crippen molar-refractivity contribution in [3.63, 3.8) is 0 Å². The minimum atomic E-state index is -4.68. The summed E-state index contributed by atoms with van der Waals surface area (Å²) in [6.45, 7) is 3.68. The van der Waals surface area contributed by atoms with Crippen LogP contribution in [0.25, 0.3) is 21.5 Å². The number of phenolic OH excluding ortho intramolecular Hbond substituents is 1. The summed E-state index contributed by atoms with van der Waals surface area (Å²) in [6.07, 6.45) is 0. The maximum absolute atomic E-state index is 12.1. The number of azo groups is 2. The van der Waals surface area contributed by atoms with Crippen LogP contribution in [0.1, 0.15) is 11.1 Å². The van der Waals surface area contributed by atoms with Crippen LogP contribution >= 0.6 is 0 Å². The van der Waals surface area contributed by atoms with Crippen LogP contribution in [0.2, 0.25) is 0 Å². The monoisotopic (exact) mass is 510 g/mol. The van der Waals surface area contributed by atoms with Gasteiger partial charge >= 0.3 is 0 Å². The number of rotatable bonds is 5. The molecule has 5 rings (SSSR count). The molecule has 0 fully saturated rings. The molecule has 0 spiro atoms. The van der Waals surface area contributed by atoms with Gasteiger partial charge in [0.1, 0.15) is 10.6 Å². The summed E-state index contributed by atoms with van der Waals surface area (Å²) in [6, 6.07) is 25.2. The van der Waals surface area contributed by atoms with Crippen molar-refractivity contribution >= 4 is 54.4 Å². The predicted molar refractivity (Wildman–Crippen MR) is 144 cm³/mol. The molecule has 0 atom stereocenters. The third-order valence-electron chi connectivity index (χ3n) is 6.21. The van der Waals surface area contributed by atoms with E-state index in [1.54, 1.807) is 30.3 Å². The highest BCUT2D eigenvalue weighted by Gasteiger charge is 2.23. The minimum absolute atomic E-state index is 0.335. The second-order valence-electron chi connectivity index (χ2n) is 8.56. The van der Waals surface area contributed by atoms with Crippen LogP contribution in [0.3, 0.4) is 0 Å². The van der Waals surface area contributed by atoms with Gasteiger partial charge in [0.25, 0.3) is 10.1 Å². The Kier molecular flexibility index (Phi) is 6.24. The fraction of sp³-hybridized carbons (Fsp3) is 0.0714. The molecule has 184 valence electrons. The molecule has 0 unspecified atom stereocenters. The summed E-state index contributed by atoms with van der Waals surface area (Å²) in [4.78, 5) is -0.518. The zero-order chi connectivity index (χ0) is 26.2. The first kappa shape index (κ1) is 24.2. The van der Waals surface area contributed by atoms with Gasteiger partial charge in [-0.15, -0.1) is 10.2 Å². The second kappa shape index (κ2) is 9.53. The fourth-order valence-corrected chi connectivity index (χ4v) is 4.72. The van der Waals surface area contributed by atoms with Crippen LogP contribution in [0.4, 0.5) is 22.7 Å². The third-order valence-corrected chi connectivity index (χ3v) is 7.07. The highest BCUT2D eigenvalue weighted by atomic mass is 32.2. The first-order valence-electron chi connectivity index (χ1n) is 11.4. The normalized spacial score (nSPS) is 12.3. The van der Waals surface area contributed by atoms with E-state index in [9.17, 15) is 18.1 Å². The number of benzene rings is 5. The van der Waals surface area contributed by atoms with Gasteiger partial charge in [-0.05, 0) is 72.1 Å². The summed E-state index contributed by atoms with van der Waals surface area (Å²) in [5.74, 6) is -0.377. The Labute approximate surface area is 213 Å². The van der Waals surface area contributed by atoms with Crippen molar-refractivity contribution in [3.8, 4) is 5.75 Å². The largest absolute Gasteiger partial charge is 0.505 e. The van der Waals surface area contributed by atoms with Gasteiger partial charge in [0, 0.05) is 10.8 Å². The van der Waals surface area contributed by atoms with Gasteiger partial charge in [0.2, 0.25) is 0 Å². The smallest absolute Gasteiger partial charge is 0.296 e. The van der Waals surface area contributed by atoms with E-state index in [0.29, 0.717) is 22.1 Å². The van der Waals surface area contributed by atoms with Gasteiger partial charge in [-0.25, -0.2) is 0 Å². The Morgan fingerprint density at radius 2 is 1.32 bits per heavy atom. The number of aromatic hydroxyl groups is 1. The van der Waals surface area contributed by atoms with Gasteiger partial charge in [-0.2, -0.15) is 18.6 Å². The van der Waals surface area contributed by atoms with Crippen molar-refractivity contribution in [3.05, 3.63) is 96.1 Å². The number of hydrogen-bond acceptors (Lipinski definition) is 7. The third kappa shape index (κ3) is 4.82. The molecule has 0 aromatic heterocycles. The maximum atomic E-state index is 12.1. The molecule has 0 aliphatic heterocycles. The van der Waals surface area contributed by atoms with Crippen molar-refractivity contribution in [2.45, 2.75) is 18.7 Å². The zero-order valence-electron chi connectivity index (χ0n) is 20.0. The maximum Gasteiger partial charge on any atom is 0.296 e. The Morgan fingerprint density at radius 3 is 2.03 bits per heavy atom. The van der Waals surface area contributed by atoms with Gasteiger partial charge in [0.05, 0.1) is 17.1 Å². The molecule has 0 aliphatic rings. The van der Waals surface area contributed by atoms with Crippen LogP contribution in [0.5, 0.6) is 5.75 Å². The molecule has 8 nitrogen and oxygen atoms in total. The molecule has 0 aliphatic carbocycles. The first-order chi connectivity index (χ1) is 17.7. The van der Waals surface area contributed by atoms with Crippen molar-refractivity contribution in [2.75, 3.05) is 0 Å². The van der Waals surface area contributed by atoms with E-state index in [2.05, 4.69) is 20.5 Å². The molecule has 0 saturated carbocycles. The molecule has 0 bridgehead atoms. The van der Waals surface area contributed by atoms with Gasteiger partial charge < -0.3 is 5.11 Å². The highest BCUT2D eigenvalue weighted by molar-refractivity contribution is 7.86. The van der Waals surface area contributed by atoms with E-state index >= 15 is 0 Å². The lowest BCUT2D eigenvalue weighted by atomic mass is 10.00. The van der Waals surface area contributed by atoms with Crippen molar-refractivity contribution in [2.24, 2.45) is 20.5 Å². The van der Waals surface area contributed by atoms with Crippen molar-refractivity contribution < 1.29 is 18.1 Å². The molecule has 37 heavy (non-hydrogen) atoms. The summed E-state index contributed by atoms with van der Waals surface area (Å²) < 4.78 is 34.0. The fourth-order valence-electron chi connectivity index (χ4n) is 4.07. The highest BCUT2D eigenvalue weighted by Crippen LogP contribution is 2.42. The molecular formula is C28H22N4O4S. The number of phenols is 1. The zero-order valence-corrected chi connectivity index (χ0v) is 20.8. The molecule has 0 saturated heterocycles. The van der Waals surface area contributed by atoms with E-state index in [1.807, 2.05) is 62.4 Å². The summed E-state index contributed by atoms with van der Waals surface area (Å²) in [5.41, 5.74) is 3.10. The van der Waals surface area contributed by atoms with Crippen LogP contribution in [0.15, 0.2) is 110 Å². The predicted octanol–water partition coefficient (Wildman–Crippen LogP) is 8.39. The van der Waals surface area contributed by atoms with Gasteiger partial charge in [-0.1, -0.05) is 48.5 Å². The number of nitrogens with zero attached hydrogens (tertiary/aromatic N) is 4. The molecule has 0 radical (unpaired) electrons. The topological polar surface area (TPSA) is 124 Å². The standard InChI is InChI=1S/C28H22N4O4S/c1-17-10-15-23-24(18(17)2)16-26(37(34,35)36)27(28(23)33)32-30-21-13-11-20(12-14-21)29-31-25-9-5-7-19-6-3-4-8-22(19)25/h3-16,33H,1-2H3,(H,34,35,36). The number of hydrogen-bond donors (Lipinski definition) is 2. The van der Waals surface area contributed by atoms with Crippen molar-refractivity contribution in [1.29, 1.82) is 0 Å². The van der Waals surface area contributed by atoms with Gasteiger partial charge in [-0.3, -0.25) is 4.55 Å². The summed E-state index contributed by atoms with van der Waals surface area (Å²) in [7, 11) is -4.68. The Balaban J connectivity index is 1.46. The van der Waals surface area contributed by atoms with Crippen LogP contribution in [0, 0.1) is 13.8 Å². The van der Waals surface area contributed by atoms with Crippen LogP contribution < -0.4 is 0 Å². The van der Waals surface area contributed by atoms with E-state index in [4.69, 9.17) is 0 Å². The molecule has 2 N–H and O–H groups in total. The Morgan fingerprint density at radius 1 is 0.676 bits per heavy atom. The van der Waals surface area contributed by atoms with E-state index in [0.717, 1.165) is 27.6 Å². The quantitative estimate of drug-likeness (QED) is 0.182. The summed E-state index contributed by atoms with van der Waals surface area (Å²) in [5, 5.41) is 30.5. The van der Waals surface area contributed by atoms with Crippen LogP contribution in [-0.4, -0.2) is 18.1 Å². The average molecular weight is 511 g/mol. The average Bonchev–Trinajstić information content (AvgIpc) is 2.89. The minimum Gasteiger partial charge on any atom is -0.505 e. The van der Waals surface area contributed by atoms with E-state index in [-0.39, 0.29) is 11.4 Å². The number of fused-ring (bicyclic) bond motifs is 2. The Bertz CT molecular complexity index is 1820. The molecular weight excluding hydrogens is 488 g/mol. The van der Waals surface area contributed by atoms with E-state index < -0.39 is 15.0 Å².